The molecule has 0 N–H and O–H groups in total. The van der Waals surface area contributed by atoms with Gasteiger partial charge in [0.2, 0.25) is 16.8 Å². The summed E-state index contributed by atoms with van der Waals surface area (Å²) in [6.45, 7) is 5.93. The van der Waals surface area contributed by atoms with E-state index in [2.05, 4.69) is 6.58 Å². The number of piperidine rings is 1. The monoisotopic (exact) mass is 440 g/mol. The molecule has 1 fully saturated rings. The van der Waals surface area contributed by atoms with Crippen molar-refractivity contribution in [2.24, 2.45) is 0 Å². The highest BCUT2D eigenvalue weighted by Gasteiger charge is 2.29. The minimum Gasteiger partial charge on any atom is -0.454 e. The number of carbonyl (C=O) groups is 1. The molecule has 0 unspecified atom stereocenters. The summed E-state index contributed by atoms with van der Waals surface area (Å²) < 4.78 is 38.1. The van der Waals surface area contributed by atoms with E-state index in [1.165, 1.54) is 16.4 Å². The normalized spacial score (nSPS) is 18.7. The number of ether oxygens (including phenoxy) is 2. The van der Waals surface area contributed by atoms with Crippen molar-refractivity contribution in [2.45, 2.75) is 30.6 Å². The molecule has 0 atom stereocenters. The van der Waals surface area contributed by atoms with E-state index in [9.17, 15) is 13.2 Å². The summed E-state index contributed by atoms with van der Waals surface area (Å²) in [5.41, 5.74) is 2.98. The molecule has 0 bridgehead atoms. The average Bonchev–Trinajstić information content (AvgIpc) is 3.26. The van der Waals surface area contributed by atoms with Crippen molar-refractivity contribution in [1.82, 2.24) is 9.21 Å². The summed E-state index contributed by atoms with van der Waals surface area (Å²) in [6, 6.07) is 10.0. The Morgan fingerprint density at radius 3 is 2.32 bits per heavy atom. The highest BCUT2D eigenvalue weighted by molar-refractivity contribution is 7.89. The fourth-order valence-electron chi connectivity index (χ4n) is 4.38. The Balaban J connectivity index is 1.36. The molecule has 3 aliphatic heterocycles. The summed E-state index contributed by atoms with van der Waals surface area (Å²) in [4.78, 5) is 15.0. The van der Waals surface area contributed by atoms with E-state index in [1.54, 1.807) is 17.0 Å². The van der Waals surface area contributed by atoms with Crippen LogP contribution < -0.4 is 9.47 Å². The van der Waals surface area contributed by atoms with Crippen molar-refractivity contribution in [2.75, 3.05) is 26.4 Å². The largest absolute Gasteiger partial charge is 0.454 e. The van der Waals surface area contributed by atoms with Crippen LogP contribution >= 0.6 is 0 Å². The molecule has 2 aromatic carbocycles. The SMILES string of the molecule is C=C1c2cc3c(cc2CCN1C(=O)c1ccc(S(=O)(=O)N2CCCCC2)cc1)OCO3. The molecule has 7 nitrogen and oxygen atoms in total. The third-order valence-corrected chi connectivity index (χ3v) is 8.05. The first kappa shape index (κ1) is 20.1. The van der Waals surface area contributed by atoms with Gasteiger partial charge in [0.25, 0.3) is 5.91 Å². The number of carbonyl (C=O) groups excluding carboxylic acids is 1. The lowest BCUT2D eigenvalue weighted by molar-refractivity contribution is 0.0833. The molecule has 0 radical (unpaired) electrons. The number of sulfonamides is 1. The Labute approximate surface area is 181 Å². The first-order valence-electron chi connectivity index (χ1n) is 10.5. The van der Waals surface area contributed by atoms with Gasteiger partial charge in [-0.25, -0.2) is 8.42 Å². The van der Waals surface area contributed by atoms with Crippen molar-refractivity contribution in [1.29, 1.82) is 0 Å². The third-order valence-electron chi connectivity index (χ3n) is 6.14. The van der Waals surface area contributed by atoms with Gasteiger partial charge in [0.15, 0.2) is 11.5 Å². The average molecular weight is 441 g/mol. The van der Waals surface area contributed by atoms with Crippen LogP contribution in [0.5, 0.6) is 11.5 Å². The lowest BCUT2D eigenvalue weighted by Gasteiger charge is -2.31. The summed E-state index contributed by atoms with van der Waals surface area (Å²) in [6.07, 6.45) is 3.51. The minimum absolute atomic E-state index is 0.194. The number of rotatable bonds is 3. The van der Waals surface area contributed by atoms with Gasteiger partial charge >= 0.3 is 0 Å². The zero-order chi connectivity index (χ0) is 21.6. The van der Waals surface area contributed by atoms with E-state index in [4.69, 9.17) is 9.47 Å². The van der Waals surface area contributed by atoms with Gasteiger partial charge in [-0.1, -0.05) is 13.0 Å². The van der Waals surface area contributed by atoms with Gasteiger partial charge < -0.3 is 14.4 Å². The predicted molar refractivity (Wildman–Crippen MR) is 115 cm³/mol. The number of benzene rings is 2. The number of hydrogen-bond acceptors (Lipinski definition) is 5. The quantitative estimate of drug-likeness (QED) is 0.732. The molecule has 8 heteroatoms. The van der Waals surface area contributed by atoms with Crippen LogP contribution in [0, 0.1) is 0 Å². The Bertz CT molecular complexity index is 1150. The van der Waals surface area contributed by atoms with Crippen LogP contribution in [-0.4, -0.2) is 50.0 Å². The molecule has 1 saturated heterocycles. The molecule has 5 rings (SSSR count). The maximum absolute atomic E-state index is 13.2. The van der Waals surface area contributed by atoms with Crippen LogP contribution in [0.25, 0.3) is 5.70 Å². The molecule has 0 aliphatic carbocycles. The molecule has 3 aliphatic rings. The molecule has 162 valence electrons. The molecular formula is C23H24N2O5S. The van der Waals surface area contributed by atoms with E-state index in [1.807, 2.05) is 12.1 Å². The lowest BCUT2D eigenvalue weighted by atomic mass is 9.95. The number of amides is 1. The van der Waals surface area contributed by atoms with E-state index in [0.717, 1.165) is 36.1 Å². The Morgan fingerprint density at radius 1 is 0.935 bits per heavy atom. The highest BCUT2D eigenvalue weighted by atomic mass is 32.2. The van der Waals surface area contributed by atoms with E-state index < -0.39 is 10.0 Å². The van der Waals surface area contributed by atoms with Crippen molar-refractivity contribution in [3.63, 3.8) is 0 Å². The molecule has 1 amide bonds. The van der Waals surface area contributed by atoms with Gasteiger partial charge in [-0.2, -0.15) is 4.31 Å². The fourth-order valence-corrected chi connectivity index (χ4v) is 5.89. The van der Waals surface area contributed by atoms with Gasteiger partial charge in [-0.3, -0.25) is 4.79 Å². The van der Waals surface area contributed by atoms with Crippen molar-refractivity contribution in [3.05, 3.63) is 59.7 Å². The summed E-state index contributed by atoms with van der Waals surface area (Å²) in [5.74, 6) is 1.17. The van der Waals surface area contributed by atoms with E-state index >= 15 is 0 Å². The minimum atomic E-state index is -3.52. The molecule has 31 heavy (non-hydrogen) atoms. The number of nitrogens with zero attached hydrogens (tertiary/aromatic N) is 2. The molecule has 0 saturated carbocycles. The van der Waals surface area contributed by atoms with Crippen molar-refractivity contribution >= 4 is 21.6 Å². The standard InChI is InChI=1S/C23H24N2O5S/c1-16-20-14-22-21(29-15-30-22)13-18(20)9-12-25(16)23(26)17-5-7-19(8-6-17)31(27,28)24-10-3-2-4-11-24/h5-8,13-14H,1-4,9-12,15H2. The van der Waals surface area contributed by atoms with Gasteiger partial charge in [0, 0.05) is 36.5 Å². The number of hydrogen-bond donors (Lipinski definition) is 0. The van der Waals surface area contributed by atoms with Crippen molar-refractivity contribution in [3.8, 4) is 11.5 Å². The van der Waals surface area contributed by atoms with Gasteiger partial charge in [0.1, 0.15) is 0 Å². The molecule has 0 spiro atoms. The summed E-state index contributed by atoms with van der Waals surface area (Å²) in [5, 5.41) is 0. The molecule has 2 aromatic rings. The smallest absolute Gasteiger partial charge is 0.258 e. The van der Waals surface area contributed by atoms with Gasteiger partial charge in [-0.05, 0) is 61.2 Å². The number of fused-ring (bicyclic) bond motifs is 2. The third kappa shape index (κ3) is 3.49. The van der Waals surface area contributed by atoms with Crippen LogP contribution in [0.1, 0.15) is 40.7 Å². The maximum atomic E-state index is 13.2. The van der Waals surface area contributed by atoms with Crippen LogP contribution in [0.2, 0.25) is 0 Å². The summed E-state index contributed by atoms with van der Waals surface area (Å²) in [7, 11) is -3.52. The lowest BCUT2D eigenvalue weighted by Crippen LogP contribution is -2.36. The molecular weight excluding hydrogens is 416 g/mol. The van der Waals surface area contributed by atoms with Crippen LogP contribution in [0.15, 0.2) is 47.9 Å². The van der Waals surface area contributed by atoms with Crippen LogP contribution in [-0.2, 0) is 16.4 Å². The Morgan fingerprint density at radius 2 is 1.61 bits per heavy atom. The first-order valence-corrected chi connectivity index (χ1v) is 11.9. The van der Waals surface area contributed by atoms with Crippen LogP contribution in [0.4, 0.5) is 0 Å². The van der Waals surface area contributed by atoms with Crippen molar-refractivity contribution < 1.29 is 22.7 Å². The second-order valence-electron chi connectivity index (χ2n) is 8.01. The topological polar surface area (TPSA) is 76.2 Å². The van der Waals surface area contributed by atoms with Gasteiger partial charge in [0.05, 0.1) is 4.90 Å². The zero-order valence-electron chi connectivity index (χ0n) is 17.2. The zero-order valence-corrected chi connectivity index (χ0v) is 18.0. The predicted octanol–water partition coefficient (Wildman–Crippen LogP) is 3.26. The second-order valence-corrected chi connectivity index (χ2v) is 9.94. The molecule has 3 heterocycles. The van der Waals surface area contributed by atoms with Gasteiger partial charge in [-0.15, -0.1) is 0 Å². The Hall–Kier alpha value is -2.84. The highest BCUT2D eigenvalue weighted by Crippen LogP contribution is 2.40. The Kier molecular flexibility index (Phi) is 4.98. The molecule has 0 aromatic heterocycles. The maximum Gasteiger partial charge on any atom is 0.258 e. The van der Waals surface area contributed by atoms with E-state index in [-0.39, 0.29) is 17.6 Å². The first-order chi connectivity index (χ1) is 14.9. The fraction of sp³-hybridized carbons (Fsp3) is 0.348. The van der Waals surface area contributed by atoms with Crippen LogP contribution in [0.3, 0.4) is 0 Å². The second kappa shape index (κ2) is 7.69. The van der Waals surface area contributed by atoms with E-state index in [0.29, 0.717) is 43.1 Å². The summed E-state index contributed by atoms with van der Waals surface area (Å²) >= 11 is 0.